The van der Waals surface area contributed by atoms with Gasteiger partial charge in [0.05, 0.1) is 6.20 Å². The Hall–Kier alpha value is -2.14. The van der Waals surface area contributed by atoms with Gasteiger partial charge in [-0.15, -0.1) is 0 Å². The summed E-state index contributed by atoms with van der Waals surface area (Å²) in [6.45, 7) is 2.47. The van der Waals surface area contributed by atoms with Crippen LogP contribution in [0.5, 0.6) is 0 Å². The molecule has 0 unspecified atom stereocenters. The number of para-hydroxylation sites is 1. The smallest absolute Gasteiger partial charge is 0.294 e. The van der Waals surface area contributed by atoms with Crippen LogP contribution in [-0.4, -0.2) is 18.1 Å². The third kappa shape index (κ3) is 2.57. The molecule has 1 aromatic heterocycles. The van der Waals surface area contributed by atoms with Gasteiger partial charge >= 0.3 is 0 Å². The highest BCUT2D eigenvalue weighted by molar-refractivity contribution is 6.03. The van der Waals surface area contributed by atoms with Crippen LogP contribution in [0, 0.1) is 6.92 Å². The molecule has 5 heteroatoms. The molecule has 0 aliphatic heterocycles. The zero-order chi connectivity index (χ0) is 13.0. The molecule has 0 spiro atoms. The molecule has 94 valence electrons. The first-order chi connectivity index (χ1) is 8.72. The maximum atomic E-state index is 12.0. The summed E-state index contributed by atoms with van der Waals surface area (Å²) in [6.07, 6.45) is 1.52. The molecule has 18 heavy (non-hydrogen) atoms. The van der Waals surface area contributed by atoms with Crippen LogP contribution in [0.15, 0.2) is 35.0 Å². The van der Waals surface area contributed by atoms with E-state index in [1.165, 1.54) is 6.20 Å². The van der Waals surface area contributed by atoms with E-state index in [-0.39, 0.29) is 11.7 Å². The number of hydrogen-bond acceptors (Lipinski definition) is 4. The Bertz CT molecular complexity index is 549. The maximum Gasteiger partial charge on any atom is 0.294 e. The number of aryl methyl sites for hydroxylation is 1. The maximum absolute atomic E-state index is 12.0. The zero-order valence-electron chi connectivity index (χ0n) is 10.4. The Morgan fingerprint density at radius 1 is 1.39 bits per heavy atom. The fourth-order valence-corrected chi connectivity index (χ4v) is 1.68. The summed E-state index contributed by atoms with van der Waals surface area (Å²) in [6, 6.07) is 7.62. The number of amides is 1. The summed E-state index contributed by atoms with van der Waals surface area (Å²) in [4.78, 5) is 12.0. The second kappa shape index (κ2) is 5.46. The highest BCUT2D eigenvalue weighted by atomic mass is 16.5. The minimum Gasteiger partial charge on any atom is -0.351 e. The van der Waals surface area contributed by atoms with Crippen LogP contribution in [0.1, 0.15) is 21.7 Å². The second-order valence-electron chi connectivity index (χ2n) is 3.98. The Balaban J connectivity index is 2.19. The molecule has 0 aliphatic carbocycles. The van der Waals surface area contributed by atoms with E-state index in [1.807, 2.05) is 31.3 Å². The average molecular weight is 245 g/mol. The minimum absolute atomic E-state index is 0.245. The van der Waals surface area contributed by atoms with Crippen molar-refractivity contribution >= 4 is 11.6 Å². The monoisotopic (exact) mass is 245 g/mol. The Morgan fingerprint density at radius 2 is 2.17 bits per heavy atom. The summed E-state index contributed by atoms with van der Waals surface area (Å²) in [7, 11) is 1.86. The quantitative estimate of drug-likeness (QED) is 0.864. The predicted molar refractivity (Wildman–Crippen MR) is 68.4 cm³/mol. The molecule has 1 aromatic carbocycles. The molecule has 0 saturated carbocycles. The van der Waals surface area contributed by atoms with E-state index in [4.69, 9.17) is 4.52 Å². The fourth-order valence-electron chi connectivity index (χ4n) is 1.68. The van der Waals surface area contributed by atoms with Gasteiger partial charge in [-0.2, -0.15) is 0 Å². The lowest BCUT2D eigenvalue weighted by molar-refractivity contribution is 0.0987. The van der Waals surface area contributed by atoms with Crippen molar-refractivity contribution in [1.82, 2.24) is 10.5 Å². The van der Waals surface area contributed by atoms with Gasteiger partial charge < -0.3 is 15.2 Å². The normalized spacial score (nSPS) is 10.3. The van der Waals surface area contributed by atoms with Gasteiger partial charge in [-0.05, 0) is 25.6 Å². The highest BCUT2D eigenvalue weighted by Gasteiger charge is 2.15. The number of carbonyl (C=O) groups excluding carboxylic acids is 1. The standard InChI is InChI=1S/C13H15N3O2/c1-9-7-15-18-12(9)13(17)16-11-6-4-3-5-10(11)8-14-2/h3-7,14H,8H2,1-2H3,(H,16,17). The molecular weight excluding hydrogens is 230 g/mol. The first-order valence-corrected chi connectivity index (χ1v) is 5.67. The summed E-state index contributed by atoms with van der Waals surface area (Å²) < 4.78 is 4.92. The van der Waals surface area contributed by atoms with Crippen LogP contribution in [0.3, 0.4) is 0 Å². The van der Waals surface area contributed by atoms with Crippen LogP contribution in [0.25, 0.3) is 0 Å². The van der Waals surface area contributed by atoms with Crippen molar-refractivity contribution in [3.63, 3.8) is 0 Å². The van der Waals surface area contributed by atoms with Crippen molar-refractivity contribution in [2.75, 3.05) is 12.4 Å². The number of benzene rings is 1. The molecule has 0 aliphatic rings. The van der Waals surface area contributed by atoms with Gasteiger partial charge in [0.1, 0.15) is 0 Å². The van der Waals surface area contributed by atoms with Gasteiger partial charge in [0.25, 0.3) is 5.91 Å². The van der Waals surface area contributed by atoms with Crippen LogP contribution < -0.4 is 10.6 Å². The lowest BCUT2D eigenvalue weighted by Gasteiger charge is -2.09. The molecule has 2 rings (SSSR count). The molecule has 0 radical (unpaired) electrons. The third-order valence-corrected chi connectivity index (χ3v) is 2.59. The van der Waals surface area contributed by atoms with Crippen LogP contribution in [0.4, 0.5) is 5.69 Å². The number of rotatable bonds is 4. The van der Waals surface area contributed by atoms with E-state index >= 15 is 0 Å². The van der Waals surface area contributed by atoms with E-state index < -0.39 is 0 Å². The van der Waals surface area contributed by atoms with Crippen molar-refractivity contribution in [2.45, 2.75) is 13.5 Å². The summed E-state index contributed by atoms with van der Waals surface area (Å²) in [5.41, 5.74) is 2.51. The zero-order valence-corrected chi connectivity index (χ0v) is 10.4. The van der Waals surface area contributed by atoms with Crippen molar-refractivity contribution in [3.8, 4) is 0 Å². The van der Waals surface area contributed by atoms with E-state index in [0.717, 1.165) is 16.8 Å². The Morgan fingerprint density at radius 3 is 2.83 bits per heavy atom. The SMILES string of the molecule is CNCc1ccccc1NC(=O)c1oncc1C. The number of hydrogen-bond donors (Lipinski definition) is 2. The number of nitrogens with one attached hydrogen (secondary N) is 2. The summed E-state index contributed by atoms with van der Waals surface area (Å²) in [5, 5.41) is 9.48. The molecular formula is C13H15N3O2. The first kappa shape index (κ1) is 12.3. The Labute approximate surface area is 105 Å². The van der Waals surface area contributed by atoms with Crippen molar-refractivity contribution < 1.29 is 9.32 Å². The van der Waals surface area contributed by atoms with Crippen LogP contribution in [-0.2, 0) is 6.54 Å². The van der Waals surface area contributed by atoms with Gasteiger partial charge in [0.2, 0.25) is 5.76 Å². The molecule has 0 atom stereocenters. The first-order valence-electron chi connectivity index (χ1n) is 5.67. The summed E-state index contributed by atoms with van der Waals surface area (Å²) >= 11 is 0. The second-order valence-corrected chi connectivity index (χ2v) is 3.98. The van der Waals surface area contributed by atoms with Gasteiger partial charge in [-0.3, -0.25) is 4.79 Å². The highest BCUT2D eigenvalue weighted by Crippen LogP contribution is 2.16. The van der Waals surface area contributed by atoms with Gasteiger partial charge in [0.15, 0.2) is 0 Å². The Kier molecular flexibility index (Phi) is 3.74. The third-order valence-electron chi connectivity index (χ3n) is 2.59. The lowest BCUT2D eigenvalue weighted by Crippen LogP contribution is -2.15. The fraction of sp³-hybridized carbons (Fsp3) is 0.231. The lowest BCUT2D eigenvalue weighted by atomic mass is 10.1. The van der Waals surface area contributed by atoms with E-state index in [9.17, 15) is 4.79 Å². The van der Waals surface area contributed by atoms with E-state index in [0.29, 0.717) is 6.54 Å². The van der Waals surface area contributed by atoms with Crippen molar-refractivity contribution in [3.05, 3.63) is 47.3 Å². The van der Waals surface area contributed by atoms with Gasteiger partial charge in [-0.25, -0.2) is 0 Å². The van der Waals surface area contributed by atoms with E-state index in [1.54, 1.807) is 6.92 Å². The molecule has 5 nitrogen and oxygen atoms in total. The van der Waals surface area contributed by atoms with E-state index in [2.05, 4.69) is 15.8 Å². The van der Waals surface area contributed by atoms with Crippen LogP contribution >= 0.6 is 0 Å². The number of aromatic nitrogens is 1. The number of nitrogens with zero attached hydrogens (tertiary/aromatic N) is 1. The van der Waals surface area contributed by atoms with Gasteiger partial charge in [-0.1, -0.05) is 23.4 Å². The molecule has 0 bridgehead atoms. The topological polar surface area (TPSA) is 67.2 Å². The largest absolute Gasteiger partial charge is 0.351 e. The predicted octanol–water partition coefficient (Wildman–Crippen LogP) is 1.95. The number of anilines is 1. The van der Waals surface area contributed by atoms with Gasteiger partial charge in [0, 0.05) is 17.8 Å². The molecule has 1 amide bonds. The minimum atomic E-state index is -0.284. The molecule has 0 fully saturated rings. The average Bonchev–Trinajstić information content (AvgIpc) is 2.78. The summed E-state index contributed by atoms with van der Waals surface area (Å²) in [5.74, 6) is -0.0391. The molecule has 0 saturated heterocycles. The molecule has 2 aromatic rings. The van der Waals surface area contributed by atoms with Crippen molar-refractivity contribution in [1.29, 1.82) is 0 Å². The molecule has 1 heterocycles. The number of carbonyl (C=O) groups is 1. The van der Waals surface area contributed by atoms with Crippen LogP contribution in [0.2, 0.25) is 0 Å². The van der Waals surface area contributed by atoms with Crippen molar-refractivity contribution in [2.24, 2.45) is 0 Å². The molecule has 2 N–H and O–H groups in total.